The van der Waals surface area contributed by atoms with Crippen molar-refractivity contribution in [2.24, 2.45) is 0 Å². The molecule has 0 spiro atoms. The molecule has 0 bridgehead atoms. The Bertz CT molecular complexity index is 838. The van der Waals surface area contributed by atoms with E-state index >= 15 is 0 Å². The molecule has 120 valence electrons. The van der Waals surface area contributed by atoms with Crippen LogP contribution >= 0.6 is 0 Å². The Morgan fingerprint density at radius 3 is 2.08 bits per heavy atom. The molecule has 0 amide bonds. The van der Waals surface area contributed by atoms with Gasteiger partial charge in [-0.3, -0.25) is 0 Å². The van der Waals surface area contributed by atoms with Gasteiger partial charge < -0.3 is 17.0 Å². The summed E-state index contributed by atoms with van der Waals surface area (Å²) < 4.78 is 2.52. The predicted octanol–water partition coefficient (Wildman–Crippen LogP) is 1.30. The first kappa shape index (κ1) is 16.7. The zero-order valence-electron chi connectivity index (χ0n) is 13.5. The van der Waals surface area contributed by atoms with Gasteiger partial charge in [0.25, 0.3) is 0 Å². The SMILES string of the molecule is [Br-].c1ccc(C[N+]2=C(c3ccccc3)c3ccccc3CC2)cc1. The molecule has 1 nitrogen and oxygen atoms in total. The van der Waals surface area contributed by atoms with Crippen LogP contribution < -0.4 is 17.0 Å². The molecule has 0 N–H and O–H groups in total. The predicted molar refractivity (Wildman–Crippen MR) is 95.1 cm³/mol. The van der Waals surface area contributed by atoms with Gasteiger partial charge >= 0.3 is 0 Å². The van der Waals surface area contributed by atoms with Gasteiger partial charge in [-0.25, -0.2) is 4.58 Å². The Hall–Kier alpha value is -2.19. The minimum Gasteiger partial charge on any atom is -1.00 e. The Morgan fingerprint density at radius 1 is 0.708 bits per heavy atom. The average molecular weight is 378 g/mol. The first-order valence-electron chi connectivity index (χ1n) is 8.21. The molecule has 3 aromatic rings. The van der Waals surface area contributed by atoms with E-state index in [1.165, 1.54) is 28.0 Å². The Labute approximate surface area is 154 Å². The largest absolute Gasteiger partial charge is 1.00 e. The highest BCUT2D eigenvalue weighted by Crippen LogP contribution is 2.21. The lowest BCUT2D eigenvalue weighted by molar-refractivity contribution is -0.544. The summed E-state index contributed by atoms with van der Waals surface area (Å²) >= 11 is 0. The molecule has 0 fully saturated rings. The third-order valence-electron chi connectivity index (χ3n) is 4.50. The van der Waals surface area contributed by atoms with E-state index in [1.54, 1.807) is 0 Å². The third-order valence-corrected chi connectivity index (χ3v) is 4.50. The minimum atomic E-state index is 0. The van der Waals surface area contributed by atoms with Crippen LogP contribution in [0.25, 0.3) is 0 Å². The smallest absolute Gasteiger partial charge is 0.215 e. The maximum atomic E-state index is 2.52. The minimum absolute atomic E-state index is 0. The molecular formula is C22H20BrN. The number of fused-ring (bicyclic) bond motifs is 1. The zero-order valence-corrected chi connectivity index (χ0v) is 15.1. The number of benzene rings is 3. The van der Waals surface area contributed by atoms with E-state index in [-0.39, 0.29) is 17.0 Å². The second kappa shape index (κ2) is 7.59. The quantitative estimate of drug-likeness (QED) is 0.605. The van der Waals surface area contributed by atoms with E-state index in [0.717, 1.165) is 19.5 Å². The molecule has 0 unspecified atom stereocenters. The summed E-state index contributed by atoms with van der Waals surface area (Å²) in [6, 6.07) is 30.3. The van der Waals surface area contributed by atoms with Gasteiger partial charge in [0.05, 0.1) is 0 Å². The van der Waals surface area contributed by atoms with Gasteiger partial charge in [0.1, 0.15) is 6.54 Å². The molecule has 0 radical (unpaired) electrons. The zero-order chi connectivity index (χ0) is 15.5. The number of nitrogens with zero attached hydrogens (tertiary/aromatic N) is 1. The highest BCUT2D eigenvalue weighted by atomic mass is 79.9. The van der Waals surface area contributed by atoms with E-state index in [4.69, 9.17) is 0 Å². The van der Waals surface area contributed by atoms with E-state index in [2.05, 4.69) is 89.5 Å². The second-order valence-corrected chi connectivity index (χ2v) is 6.03. The van der Waals surface area contributed by atoms with E-state index in [0.29, 0.717) is 0 Å². The molecule has 0 aromatic heterocycles. The van der Waals surface area contributed by atoms with Gasteiger partial charge in [0.2, 0.25) is 5.71 Å². The summed E-state index contributed by atoms with van der Waals surface area (Å²) in [7, 11) is 0. The summed E-state index contributed by atoms with van der Waals surface area (Å²) in [6.45, 7) is 2.02. The van der Waals surface area contributed by atoms with Crippen LogP contribution in [-0.4, -0.2) is 16.8 Å². The monoisotopic (exact) mass is 377 g/mol. The van der Waals surface area contributed by atoms with Crippen LogP contribution in [-0.2, 0) is 13.0 Å². The first-order valence-corrected chi connectivity index (χ1v) is 8.21. The van der Waals surface area contributed by atoms with Crippen LogP contribution in [0.15, 0.2) is 84.9 Å². The lowest BCUT2D eigenvalue weighted by Gasteiger charge is -2.19. The van der Waals surface area contributed by atoms with E-state index < -0.39 is 0 Å². The number of rotatable bonds is 3. The first-order chi connectivity index (χ1) is 11.4. The molecular weight excluding hydrogens is 358 g/mol. The Balaban J connectivity index is 0.00000169. The van der Waals surface area contributed by atoms with Crippen LogP contribution in [0.2, 0.25) is 0 Å². The van der Waals surface area contributed by atoms with Crippen molar-refractivity contribution < 1.29 is 21.6 Å². The van der Waals surface area contributed by atoms with Crippen molar-refractivity contribution in [3.63, 3.8) is 0 Å². The highest BCUT2D eigenvalue weighted by Gasteiger charge is 2.26. The molecule has 0 saturated heterocycles. The van der Waals surface area contributed by atoms with Crippen LogP contribution in [0, 0.1) is 0 Å². The van der Waals surface area contributed by atoms with Crippen LogP contribution in [0.4, 0.5) is 0 Å². The lowest BCUT2D eigenvalue weighted by atomic mass is 9.92. The molecule has 24 heavy (non-hydrogen) atoms. The van der Waals surface area contributed by atoms with Gasteiger partial charge in [0.15, 0.2) is 6.54 Å². The lowest BCUT2D eigenvalue weighted by Crippen LogP contribution is -3.00. The Morgan fingerprint density at radius 2 is 1.33 bits per heavy atom. The molecule has 4 rings (SSSR count). The van der Waals surface area contributed by atoms with Gasteiger partial charge in [-0.15, -0.1) is 0 Å². The topological polar surface area (TPSA) is 3.01 Å². The van der Waals surface area contributed by atoms with Gasteiger partial charge in [0, 0.05) is 23.1 Å². The molecule has 1 aliphatic rings. The van der Waals surface area contributed by atoms with Crippen LogP contribution in [0.5, 0.6) is 0 Å². The van der Waals surface area contributed by atoms with Crippen molar-refractivity contribution >= 4 is 5.71 Å². The van der Waals surface area contributed by atoms with Crippen molar-refractivity contribution in [2.75, 3.05) is 6.54 Å². The van der Waals surface area contributed by atoms with Gasteiger partial charge in [-0.05, 0) is 23.8 Å². The molecule has 0 saturated carbocycles. The van der Waals surface area contributed by atoms with Crippen LogP contribution in [0.3, 0.4) is 0 Å². The van der Waals surface area contributed by atoms with Crippen molar-refractivity contribution in [1.29, 1.82) is 0 Å². The average Bonchev–Trinajstić information content (AvgIpc) is 2.63. The molecule has 0 aliphatic carbocycles. The fraction of sp³-hybridized carbons (Fsp3) is 0.136. The number of halogens is 1. The summed E-state index contributed by atoms with van der Waals surface area (Å²) in [4.78, 5) is 0. The fourth-order valence-electron chi connectivity index (χ4n) is 3.40. The van der Waals surface area contributed by atoms with Gasteiger partial charge in [-0.2, -0.15) is 0 Å². The fourth-order valence-corrected chi connectivity index (χ4v) is 3.40. The molecule has 2 heteroatoms. The number of hydrogen-bond acceptors (Lipinski definition) is 0. The van der Waals surface area contributed by atoms with E-state index in [1.807, 2.05) is 0 Å². The Kier molecular flexibility index (Phi) is 5.27. The molecule has 3 aromatic carbocycles. The maximum Gasteiger partial charge on any atom is 0.215 e. The second-order valence-electron chi connectivity index (χ2n) is 6.03. The number of hydrogen-bond donors (Lipinski definition) is 0. The summed E-state index contributed by atoms with van der Waals surface area (Å²) in [5.74, 6) is 0. The van der Waals surface area contributed by atoms with Crippen molar-refractivity contribution in [1.82, 2.24) is 0 Å². The molecule has 1 heterocycles. The van der Waals surface area contributed by atoms with Crippen molar-refractivity contribution in [2.45, 2.75) is 13.0 Å². The maximum absolute atomic E-state index is 2.52. The van der Waals surface area contributed by atoms with Crippen molar-refractivity contribution in [3.8, 4) is 0 Å². The van der Waals surface area contributed by atoms with Crippen LogP contribution in [0.1, 0.15) is 22.3 Å². The molecule has 0 atom stereocenters. The van der Waals surface area contributed by atoms with Crippen molar-refractivity contribution in [3.05, 3.63) is 107 Å². The molecule has 1 aliphatic heterocycles. The summed E-state index contributed by atoms with van der Waals surface area (Å²) in [5.41, 5.74) is 6.85. The van der Waals surface area contributed by atoms with Gasteiger partial charge in [-0.1, -0.05) is 66.7 Å². The summed E-state index contributed by atoms with van der Waals surface area (Å²) in [6.07, 6.45) is 1.11. The normalized spacial score (nSPS) is 13.2. The highest BCUT2D eigenvalue weighted by molar-refractivity contribution is 6.10. The van der Waals surface area contributed by atoms with E-state index in [9.17, 15) is 0 Å². The standard InChI is InChI=1S/C22H20N.BrH/c1-3-9-18(10-4-1)17-23-16-15-19-11-7-8-14-21(19)22(23)20-12-5-2-6-13-20;/h1-14H,15-17H2;1H/q+1;/p-1. The summed E-state index contributed by atoms with van der Waals surface area (Å²) in [5, 5.41) is 0. The third kappa shape index (κ3) is 3.34.